The fraction of sp³-hybridized carbons (Fsp3) is 0.375. The van der Waals surface area contributed by atoms with Gasteiger partial charge in [-0.1, -0.05) is 6.07 Å². The Morgan fingerprint density at radius 2 is 1.91 bits per heavy atom. The lowest BCUT2D eigenvalue weighted by Gasteiger charge is -2.18. The molecular formula is C16H19NO4S2. The Balaban J connectivity index is 1.89. The molecule has 1 N–H and O–H groups in total. The molecule has 0 amide bonds. The fourth-order valence-corrected chi connectivity index (χ4v) is 4.75. The molecule has 7 heteroatoms. The summed E-state index contributed by atoms with van der Waals surface area (Å²) in [5.41, 5.74) is 0. The van der Waals surface area contributed by atoms with Crippen LogP contribution >= 0.6 is 11.3 Å². The van der Waals surface area contributed by atoms with E-state index in [4.69, 9.17) is 9.47 Å². The lowest BCUT2D eigenvalue weighted by Crippen LogP contribution is -2.29. The largest absolute Gasteiger partial charge is 0.493 e. The van der Waals surface area contributed by atoms with Crippen LogP contribution in [-0.2, 0) is 10.0 Å². The first-order valence-corrected chi connectivity index (χ1v) is 9.69. The van der Waals surface area contributed by atoms with Gasteiger partial charge in [0.2, 0.25) is 10.0 Å². The second-order valence-electron chi connectivity index (χ2n) is 5.47. The zero-order chi connectivity index (χ0) is 16.4. The van der Waals surface area contributed by atoms with Crippen molar-refractivity contribution in [3.8, 4) is 11.5 Å². The number of hydrogen-bond donors (Lipinski definition) is 1. The molecule has 1 aliphatic carbocycles. The summed E-state index contributed by atoms with van der Waals surface area (Å²) in [6.45, 7) is 0. The molecule has 0 saturated heterocycles. The maximum absolute atomic E-state index is 12.7. The van der Waals surface area contributed by atoms with Crippen molar-refractivity contribution in [1.29, 1.82) is 0 Å². The van der Waals surface area contributed by atoms with Crippen molar-refractivity contribution < 1.29 is 17.9 Å². The zero-order valence-corrected chi connectivity index (χ0v) is 14.6. The highest BCUT2D eigenvalue weighted by Crippen LogP contribution is 2.43. The summed E-state index contributed by atoms with van der Waals surface area (Å²) in [7, 11) is -0.623. The first-order chi connectivity index (χ1) is 11.0. The Bertz CT molecular complexity index is 767. The summed E-state index contributed by atoms with van der Waals surface area (Å²) in [6, 6.07) is 8.38. The summed E-state index contributed by atoms with van der Waals surface area (Å²) in [5.74, 6) is 1.28. The molecule has 1 fully saturated rings. The van der Waals surface area contributed by atoms with Crippen LogP contribution in [0.4, 0.5) is 0 Å². The normalized spacial score (nSPS) is 16.1. The van der Waals surface area contributed by atoms with E-state index in [1.165, 1.54) is 26.4 Å². The first-order valence-electron chi connectivity index (χ1n) is 7.33. The van der Waals surface area contributed by atoms with E-state index in [0.717, 1.165) is 17.7 Å². The number of sulfonamides is 1. The van der Waals surface area contributed by atoms with Crippen LogP contribution in [0.25, 0.3) is 0 Å². The van der Waals surface area contributed by atoms with Crippen molar-refractivity contribution in [3.63, 3.8) is 0 Å². The molecule has 0 bridgehead atoms. The second-order valence-corrected chi connectivity index (χ2v) is 8.16. The van der Waals surface area contributed by atoms with E-state index in [1.54, 1.807) is 17.4 Å². The summed E-state index contributed by atoms with van der Waals surface area (Å²) in [5, 5.41) is 1.97. The number of benzene rings is 1. The van der Waals surface area contributed by atoms with E-state index in [9.17, 15) is 8.42 Å². The van der Waals surface area contributed by atoms with Gasteiger partial charge in [0.1, 0.15) is 0 Å². The predicted octanol–water partition coefficient (Wildman–Crippen LogP) is 3.19. The summed E-state index contributed by atoms with van der Waals surface area (Å²) >= 11 is 1.58. The standard InChI is InChI=1S/C16H19NO4S2/c1-20-13-8-7-12(10-14(13)21-2)23(18,19)17-16(11-5-6-11)15-4-3-9-22-15/h3-4,7-11,16-17H,5-6H2,1-2H3. The number of thiophene rings is 1. The lowest BCUT2D eigenvalue weighted by molar-refractivity contribution is 0.354. The van der Waals surface area contributed by atoms with Crippen LogP contribution in [0.5, 0.6) is 11.5 Å². The highest BCUT2D eigenvalue weighted by Gasteiger charge is 2.36. The Labute approximate surface area is 140 Å². The molecule has 1 saturated carbocycles. The molecule has 5 nitrogen and oxygen atoms in total. The molecule has 0 aliphatic heterocycles. The van der Waals surface area contributed by atoms with E-state index in [0.29, 0.717) is 17.4 Å². The van der Waals surface area contributed by atoms with Crippen molar-refractivity contribution in [2.45, 2.75) is 23.8 Å². The van der Waals surface area contributed by atoms with Crippen LogP contribution in [0, 0.1) is 5.92 Å². The smallest absolute Gasteiger partial charge is 0.241 e. The highest BCUT2D eigenvalue weighted by molar-refractivity contribution is 7.89. The Morgan fingerprint density at radius 3 is 2.48 bits per heavy atom. The maximum atomic E-state index is 12.7. The second kappa shape index (κ2) is 6.51. The third kappa shape index (κ3) is 3.52. The quantitative estimate of drug-likeness (QED) is 0.830. The first kappa shape index (κ1) is 16.3. The molecule has 1 aromatic heterocycles. The summed E-state index contributed by atoms with van der Waals surface area (Å²) in [6.07, 6.45) is 2.11. The summed E-state index contributed by atoms with van der Waals surface area (Å²) in [4.78, 5) is 1.23. The van der Waals surface area contributed by atoms with Gasteiger partial charge in [-0.3, -0.25) is 0 Å². The van der Waals surface area contributed by atoms with Crippen LogP contribution in [-0.4, -0.2) is 22.6 Å². The number of hydrogen-bond acceptors (Lipinski definition) is 5. The number of nitrogens with one attached hydrogen (secondary N) is 1. The van der Waals surface area contributed by atoms with Gasteiger partial charge in [0.15, 0.2) is 11.5 Å². The maximum Gasteiger partial charge on any atom is 0.241 e. The lowest BCUT2D eigenvalue weighted by atomic mass is 10.2. The van der Waals surface area contributed by atoms with Gasteiger partial charge in [-0.25, -0.2) is 13.1 Å². The summed E-state index contributed by atoms with van der Waals surface area (Å²) < 4.78 is 38.7. The topological polar surface area (TPSA) is 64.6 Å². The minimum Gasteiger partial charge on any atom is -0.493 e. The predicted molar refractivity (Wildman–Crippen MR) is 89.7 cm³/mol. The molecule has 1 heterocycles. The molecule has 23 heavy (non-hydrogen) atoms. The number of methoxy groups -OCH3 is 2. The Hall–Kier alpha value is -1.57. The van der Waals surface area contributed by atoms with Gasteiger partial charge in [-0.15, -0.1) is 11.3 Å². The fourth-order valence-electron chi connectivity index (χ4n) is 2.50. The van der Waals surface area contributed by atoms with Crippen LogP contribution in [0.3, 0.4) is 0 Å². The molecule has 0 spiro atoms. The van der Waals surface area contributed by atoms with E-state index >= 15 is 0 Å². The minimum absolute atomic E-state index is 0.159. The van der Waals surface area contributed by atoms with Gasteiger partial charge < -0.3 is 9.47 Å². The third-order valence-corrected chi connectivity index (χ3v) is 6.28. The van der Waals surface area contributed by atoms with Gasteiger partial charge in [-0.05, 0) is 42.3 Å². The molecule has 1 unspecified atom stereocenters. The monoisotopic (exact) mass is 353 g/mol. The van der Waals surface area contributed by atoms with Gasteiger partial charge in [0, 0.05) is 10.9 Å². The molecule has 2 aromatic rings. The van der Waals surface area contributed by atoms with E-state index in [-0.39, 0.29) is 10.9 Å². The van der Waals surface area contributed by atoms with E-state index in [1.807, 2.05) is 17.5 Å². The third-order valence-electron chi connectivity index (χ3n) is 3.89. The van der Waals surface area contributed by atoms with Crippen LogP contribution < -0.4 is 14.2 Å². The molecule has 1 atom stereocenters. The van der Waals surface area contributed by atoms with Crippen molar-refractivity contribution in [3.05, 3.63) is 40.6 Å². The number of ether oxygens (including phenoxy) is 2. The van der Waals surface area contributed by atoms with Gasteiger partial charge in [0.05, 0.1) is 25.2 Å². The average molecular weight is 353 g/mol. The molecular weight excluding hydrogens is 334 g/mol. The van der Waals surface area contributed by atoms with Crippen LogP contribution in [0.15, 0.2) is 40.6 Å². The number of rotatable bonds is 7. The van der Waals surface area contributed by atoms with Crippen molar-refractivity contribution in [2.24, 2.45) is 5.92 Å². The van der Waals surface area contributed by atoms with E-state index in [2.05, 4.69) is 4.72 Å². The minimum atomic E-state index is -3.63. The molecule has 1 aromatic carbocycles. The molecule has 1 aliphatic rings. The SMILES string of the molecule is COc1ccc(S(=O)(=O)NC(c2cccs2)C2CC2)cc1OC. The zero-order valence-electron chi connectivity index (χ0n) is 13.0. The Morgan fingerprint density at radius 1 is 1.17 bits per heavy atom. The van der Waals surface area contributed by atoms with Gasteiger partial charge in [-0.2, -0.15) is 0 Å². The van der Waals surface area contributed by atoms with Crippen molar-refractivity contribution in [1.82, 2.24) is 4.72 Å². The highest BCUT2D eigenvalue weighted by atomic mass is 32.2. The average Bonchev–Trinajstić information content (AvgIpc) is 3.26. The van der Waals surface area contributed by atoms with Gasteiger partial charge >= 0.3 is 0 Å². The van der Waals surface area contributed by atoms with Crippen LogP contribution in [0.2, 0.25) is 0 Å². The van der Waals surface area contributed by atoms with Crippen LogP contribution in [0.1, 0.15) is 23.8 Å². The van der Waals surface area contributed by atoms with Crippen molar-refractivity contribution in [2.75, 3.05) is 14.2 Å². The molecule has 0 radical (unpaired) electrons. The molecule has 3 rings (SSSR count). The molecule has 124 valence electrons. The van der Waals surface area contributed by atoms with Crippen molar-refractivity contribution >= 4 is 21.4 Å². The Kier molecular flexibility index (Phi) is 4.61. The van der Waals surface area contributed by atoms with E-state index < -0.39 is 10.0 Å². The van der Waals surface area contributed by atoms with Gasteiger partial charge in [0.25, 0.3) is 0 Å².